The Morgan fingerprint density at radius 3 is 2.79 bits per heavy atom. The molecule has 3 aliphatic rings. The zero-order valence-electron chi connectivity index (χ0n) is 15.6. The van der Waals surface area contributed by atoms with E-state index in [1.54, 1.807) is 16.7 Å². The summed E-state index contributed by atoms with van der Waals surface area (Å²) in [6, 6.07) is 8.74. The molecule has 4 rings (SSSR count). The molecular formula is C22H34N2. The number of hydrogen-bond acceptors (Lipinski definition) is 2. The Morgan fingerprint density at radius 2 is 2.00 bits per heavy atom. The Bertz CT molecular complexity index is 561. The normalized spacial score (nSPS) is 25.9. The molecule has 0 spiro atoms. The molecule has 2 aliphatic carbocycles. The number of fused-ring (bicyclic) bond motifs is 1. The maximum atomic E-state index is 3.77. The van der Waals surface area contributed by atoms with Crippen molar-refractivity contribution in [2.24, 2.45) is 11.8 Å². The first-order valence-electron chi connectivity index (χ1n) is 10.3. The van der Waals surface area contributed by atoms with E-state index in [1.165, 1.54) is 64.6 Å². The van der Waals surface area contributed by atoms with Crippen molar-refractivity contribution in [1.82, 2.24) is 10.2 Å². The number of hydrogen-bond donors (Lipinski definition) is 1. The minimum Gasteiger partial charge on any atom is -0.311 e. The zero-order valence-corrected chi connectivity index (χ0v) is 15.6. The summed E-state index contributed by atoms with van der Waals surface area (Å²) in [5.41, 5.74) is 4.79. The van der Waals surface area contributed by atoms with Crippen LogP contribution in [0.1, 0.15) is 56.2 Å². The van der Waals surface area contributed by atoms with Gasteiger partial charge in [0.15, 0.2) is 0 Å². The van der Waals surface area contributed by atoms with Crippen molar-refractivity contribution < 1.29 is 0 Å². The highest BCUT2D eigenvalue weighted by atomic mass is 15.2. The second-order valence-corrected chi connectivity index (χ2v) is 8.80. The van der Waals surface area contributed by atoms with E-state index in [0.29, 0.717) is 6.04 Å². The van der Waals surface area contributed by atoms with Gasteiger partial charge in [-0.3, -0.25) is 4.90 Å². The molecule has 1 aromatic carbocycles. The molecule has 1 heterocycles. The largest absolute Gasteiger partial charge is 0.311 e. The number of aryl methyl sites for hydroxylation is 2. The van der Waals surface area contributed by atoms with Crippen LogP contribution >= 0.6 is 0 Å². The Kier molecular flexibility index (Phi) is 4.96. The third kappa shape index (κ3) is 3.86. The summed E-state index contributed by atoms with van der Waals surface area (Å²) in [6.45, 7) is 8.47. The Balaban J connectivity index is 1.43. The molecular weight excluding hydrogens is 292 g/mol. The fourth-order valence-electron chi connectivity index (χ4n) is 4.85. The highest BCUT2D eigenvalue weighted by Gasteiger charge is 2.31. The highest BCUT2D eigenvalue weighted by Crippen LogP contribution is 2.34. The van der Waals surface area contributed by atoms with Crippen molar-refractivity contribution in [2.45, 2.75) is 70.9 Å². The molecule has 0 bridgehead atoms. The van der Waals surface area contributed by atoms with E-state index in [9.17, 15) is 0 Å². The average Bonchev–Trinajstić information content (AvgIpc) is 3.26. The number of piperazine rings is 1. The fourth-order valence-corrected chi connectivity index (χ4v) is 4.85. The quantitative estimate of drug-likeness (QED) is 0.855. The Hall–Kier alpha value is -0.860. The van der Waals surface area contributed by atoms with E-state index in [4.69, 9.17) is 0 Å². The second kappa shape index (κ2) is 7.17. The van der Waals surface area contributed by atoms with Crippen molar-refractivity contribution in [3.63, 3.8) is 0 Å². The standard InChI is InChI=1S/C22H34N2/c1-16(2)22(14-18-8-9-19-4-3-5-20(19)12-18)24-11-10-23-21(15-24)13-17-6-7-17/h8-9,12,16-17,21-23H,3-7,10-11,13-15H2,1-2H3. The first-order chi connectivity index (χ1) is 11.7. The van der Waals surface area contributed by atoms with Gasteiger partial charge in [0.25, 0.3) is 0 Å². The van der Waals surface area contributed by atoms with Crippen LogP contribution in [0.25, 0.3) is 0 Å². The van der Waals surface area contributed by atoms with Crippen molar-refractivity contribution in [2.75, 3.05) is 19.6 Å². The second-order valence-electron chi connectivity index (χ2n) is 8.80. The summed E-state index contributed by atoms with van der Waals surface area (Å²) in [6.07, 6.45) is 9.52. The molecule has 0 aromatic heterocycles. The van der Waals surface area contributed by atoms with E-state index in [-0.39, 0.29) is 0 Å². The van der Waals surface area contributed by atoms with Gasteiger partial charge in [-0.05, 0) is 60.6 Å². The predicted molar refractivity (Wildman–Crippen MR) is 102 cm³/mol. The first kappa shape index (κ1) is 16.6. The molecule has 132 valence electrons. The molecule has 1 N–H and O–H groups in total. The van der Waals surface area contributed by atoms with Crippen molar-refractivity contribution >= 4 is 0 Å². The van der Waals surface area contributed by atoms with Crippen molar-refractivity contribution in [3.8, 4) is 0 Å². The fraction of sp³-hybridized carbons (Fsp3) is 0.727. The average molecular weight is 327 g/mol. The molecule has 0 radical (unpaired) electrons. The summed E-state index contributed by atoms with van der Waals surface area (Å²) in [5.74, 6) is 1.74. The van der Waals surface area contributed by atoms with E-state index >= 15 is 0 Å². The van der Waals surface area contributed by atoms with Gasteiger partial charge in [-0.25, -0.2) is 0 Å². The lowest BCUT2D eigenvalue weighted by atomic mass is 9.92. The minimum absolute atomic E-state index is 0.688. The van der Waals surface area contributed by atoms with Gasteiger partial charge < -0.3 is 5.32 Å². The van der Waals surface area contributed by atoms with Crippen LogP contribution in [0.2, 0.25) is 0 Å². The number of nitrogens with zero attached hydrogens (tertiary/aromatic N) is 1. The van der Waals surface area contributed by atoms with Crippen molar-refractivity contribution in [1.29, 1.82) is 0 Å². The van der Waals surface area contributed by atoms with Gasteiger partial charge in [-0.1, -0.05) is 44.9 Å². The third-order valence-corrected chi connectivity index (χ3v) is 6.45. The van der Waals surface area contributed by atoms with Crippen LogP contribution in [0.15, 0.2) is 18.2 Å². The van der Waals surface area contributed by atoms with Crippen LogP contribution in [0.3, 0.4) is 0 Å². The van der Waals surface area contributed by atoms with Gasteiger partial charge >= 0.3 is 0 Å². The van der Waals surface area contributed by atoms with Crippen molar-refractivity contribution in [3.05, 3.63) is 34.9 Å². The molecule has 1 saturated carbocycles. The minimum atomic E-state index is 0.688. The highest BCUT2D eigenvalue weighted by molar-refractivity contribution is 5.35. The summed E-state index contributed by atoms with van der Waals surface area (Å²) in [4.78, 5) is 2.79. The summed E-state index contributed by atoms with van der Waals surface area (Å²) >= 11 is 0. The maximum absolute atomic E-state index is 3.77. The maximum Gasteiger partial charge on any atom is 0.0198 e. The summed E-state index contributed by atoms with van der Waals surface area (Å²) in [5, 5.41) is 3.77. The SMILES string of the molecule is CC(C)C(Cc1ccc2c(c1)CCC2)N1CCNC(CC2CC2)C1. The van der Waals surface area contributed by atoms with Gasteiger partial charge in [-0.2, -0.15) is 0 Å². The van der Waals surface area contributed by atoms with Crippen LogP contribution in [0, 0.1) is 11.8 Å². The summed E-state index contributed by atoms with van der Waals surface area (Å²) < 4.78 is 0. The zero-order chi connectivity index (χ0) is 16.5. The Morgan fingerprint density at radius 1 is 1.17 bits per heavy atom. The van der Waals surface area contributed by atoms with Gasteiger partial charge in [0, 0.05) is 31.7 Å². The smallest absolute Gasteiger partial charge is 0.0198 e. The molecule has 2 atom stereocenters. The van der Waals surface area contributed by atoms with Gasteiger partial charge in [0.2, 0.25) is 0 Å². The van der Waals surface area contributed by atoms with Crippen LogP contribution in [0.4, 0.5) is 0 Å². The molecule has 2 fully saturated rings. The van der Waals surface area contributed by atoms with Crippen LogP contribution in [0.5, 0.6) is 0 Å². The Labute approximate surface area is 148 Å². The lowest BCUT2D eigenvalue weighted by molar-refractivity contribution is 0.108. The molecule has 1 aromatic rings. The van der Waals surface area contributed by atoms with E-state index in [0.717, 1.165) is 17.9 Å². The van der Waals surface area contributed by atoms with E-state index in [2.05, 4.69) is 42.3 Å². The molecule has 2 heteroatoms. The lowest BCUT2D eigenvalue weighted by Gasteiger charge is -2.41. The lowest BCUT2D eigenvalue weighted by Crippen LogP contribution is -2.55. The molecule has 0 amide bonds. The van der Waals surface area contributed by atoms with Gasteiger partial charge in [-0.15, -0.1) is 0 Å². The van der Waals surface area contributed by atoms with E-state index in [1.807, 2.05) is 0 Å². The number of benzene rings is 1. The topological polar surface area (TPSA) is 15.3 Å². The molecule has 1 saturated heterocycles. The molecule has 2 nitrogen and oxygen atoms in total. The van der Waals surface area contributed by atoms with Gasteiger partial charge in [0.1, 0.15) is 0 Å². The van der Waals surface area contributed by atoms with Crippen LogP contribution in [-0.4, -0.2) is 36.6 Å². The molecule has 24 heavy (non-hydrogen) atoms. The predicted octanol–water partition coefficient (Wildman–Crippen LogP) is 3.82. The number of rotatable bonds is 6. The third-order valence-electron chi connectivity index (χ3n) is 6.45. The van der Waals surface area contributed by atoms with Gasteiger partial charge in [0.05, 0.1) is 0 Å². The number of nitrogens with one attached hydrogen (secondary N) is 1. The van der Waals surface area contributed by atoms with Crippen LogP contribution < -0.4 is 5.32 Å². The van der Waals surface area contributed by atoms with Crippen LogP contribution in [-0.2, 0) is 19.3 Å². The van der Waals surface area contributed by atoms with E-state index < -0.39 is 0 Å². The monoisotopic (exact) mass is 326 g/mol. The first-order valence-corrected chi connectivity index (χ1v) is 10.3. The summed E-state index contributed by atoms with van der Waals surface area (Å²) in [7, 11) is 0. The molecule has 2 unspecified atom stereocenters. The molecule has 1 aliphatic heterocycles.